The molecule has 1 aromatic rings. The van der Waals surface area contributed by atoms with E-state index < -0.39 is 0 Å². The molecule has 18 heavy (non-hydrogen) atoms. The summed E-state index contributed by atoms with van der Waals surface area (Å²) in [5.41, 5.74) is 0. The van der Waals surface area contributed by atoms with Gasteiger partial charge in [0.25, 0.3) is 5.91 Å². The zero-order valence-electron chi connectivity index (χ0n) is 10.5. The number of amides is 1. The van der Waals surface area contributed by atoms with Crippen molar-refractivity contribution >= 4 is 5.91 Å². The molecule has 1 saturated heterocycles. The molecule has 2 aliphatic heterocycles. The van der Waals surface area contributed by atoms with Crippen molar-refractivity contribution in [2.45, 2.75) is 51.1 Å². The maximum atomic E-state index is 12.5. The summed E-state index contributed by atoms with van der Waals surface area (Å²) in [6, 6.07) is 0.494. The summed E-state index contributed by atoms with van der Waals surface area (Å²) in [4.78, 5) is 14.5. The van der Waals surface area contributed by atoms with Gasteiger partial charge in [0.1, 0.15) is 5.82 Å². The van der Waals surface area contributed by atoms with Crippen molar-refractivity contribution in [1.82, 2.24) is 19.7 Å². The number of aromatic nitrogens is 3. The van der Waals surface area contributed by atoms with Gasteiger partial charge in [-0.1, -0.05) is 6.42 Å². The van der Waals surface area contributed by atoms with E-state index in [4.69, 9.17) is 0 Å². The lowest BCUT2D eigenvalue weighted by Crippen LogP contribution is -2.56. The van der Waals surface area contributed by atoms with Crippen LogP contribution in [0, 0.1) is 5.92 Å². The van der Waals surface area contributed by atoms with Gasteiger partial charge in [0, 0.05) is 25.6 Å². The van der Waals surface area contributed by atoms with Crippen molar-refractivity contribution < 1.29 is 4.79 Å². The SMILES string of the molecule is O=C(c1nnc2n1CCCC2)N1C[C@@H]2CCC[C@@H]21. The highest BCUT2D eigenvalue weighted by Crippen LogP contribution is 2.39. The van der Waals surface area contributed by atoms with Gasteiger partial charge in [-0.15, -0.1) is 10.2 Å². The number of nitrogens with zero attached hydrogens (tertiary/aromatic N) is 4. The van der Waals surface area contributed by atoms with Gasteiger partial charge in [0.2, 0.25) is 5.82 Å². The van der Waals surface area contributed by atoms with Gasteiger partial charge >= 0.3 is 0 Å². The minimum Gasteiger partial charge on any atom is -0.332 e. The first-order chi connectivity index (χ1) is 8.84. The van der Waals surface area contributed by atoms with Gasteiger partial charge < -0.3 is 9.47 Å². The molecule has 1 aromatic heterocycles. The third-order valence-electron chi connectivity index (χ3n) is 4.76. The standard InChI is InChI=1S/C13H18N4O/c18-13(17-8-9-4-3-5-10(9)17)12-15-14-11-6-1-2-7-16(11)12/h9-10H,1-8H2/t9-,10-/m0/s1. The molecule has 2 fully saturated rings. The van der Waals surface area contributed by atoms with Crippen molar-refractivity contribution in [3.05, 3.63) is 11.6 Å². The summed E-state index contributed by atoms with van der Waals surface area (Å²) in [5, 5.41) is 8.31. The first-order valence-electron chi connectivity index (χ1n) is 7.07. The highest BCUT2D eigenvalue weighted by molar-refractivity contribution is 5.91. The Bertz CT molecular complexity index is 495. The number of fused-ring (bicyclic) bond motifs is 2. The normalized spacial score (nSPS) is 29.7. The third kappa shape index (κ3) is 1.36. The van der Waals surface area contributed by atoms with Crippen LogP contribution in [0.1, 0.15) is 48.5 Å². The van der Waals surface area contributed by atoms with Crippen LogP contribution in [0.2, 0.25) is 0 Å². The molecule has 1 saturated carbocycles. The van der Waals surface area contributed by atoms with E-state index in [0.29, 0.717) is 11.9 Å². The van der Waals surface area contributed by atoms with Gasteiger partial charge in [-0.2, -0.15) is 0 Å². The minimum atomic E-state index is 0.110. The predicted octanol–water partition coefficient (Wildman–Crippen LogP) is 1.24. The van der Waals surface area contributed by atoms with Crippen LogP contribution >= 0.6 is 0 Å². The molecule has 5 heteroatoms. The summed E-state index contributed by atoms with van der Waals surface area (Å²) < 4.78 is 2.04. The molecule has 0 unspecified atom stereocenters. The van der Waals surface area contributed by atoms with E-state index >= 15 is 0 Å². The van der Waals surface area contributed by atoms with E-state index in [1.54, 1.807) is 0 Å². The fraction of sp³-hybridized carbons (Fsp3) is 0.769. The van der Waals surface area contributed by atoms with Crippen molar-refractivity contribution in [1.29, 1.82) is 0 Å². The van der Waals surface area contributed by atoms with Crippen LogP contribution in [-0.4, -0.2) is 38.2 Å². The average molecular weight is 246 g/mol. The molecule has 3 heterocycles. The first-order valence-corrected chi connectivity index (χ1v) is 7.07. The van der Waals surface area contributed by atoms with E-state index in [2.05, 4.69) is 10.2 Å². The lowest BCUT2D eigenvalue weighted by molar-refractivity contribution is 0.0251. The quantitative estimate of drug-likeness (QED) is 0.749. The molecule has 3 aliphatic rings. The zero-order valence-corrected chi connectivity index (χ0v) is 10.5. The van der Waals surface area contributed by atoms with E-state index in [1.807, 2.05) is 9.47 Å². The minimum absolute atomic E-state index is 0.110. The van der Waals surface area contributed by atoms with Crippen LogP contribution in [0.25, 0.3) is 0 Å². The number of rotatable bonds is 1. The van der Waals surface area contributed by atoms with Crippen LogP contribution in [0.3, 0.4) is 0 Å². The van der Waals surface area contributed by atoms with Crippen LogP contribution in [0.5, 0.6) is 0 Å². The summed E-state index contributed by atoms with van der Waals surface area (Å²) in [6.45, 7) is 1.84. The number of hydrogen-bond donors (Lipinski definition) is 0. The zero-order chi connectivity index (χ0) is 12.1. The van der Waals surface area contributed by atoms with Gasteiger partial charge in [-0.25, -0.2) is 0 Å². The molecule has 1 aliphatic carbocycles. The van der Waals surface area contributed by atoms with Crippen molar-refractivity contribution in [3.8, 4) is 0 Å². The number of carbonyl (C=O) groups is 1. The summed E-state index contributed by atoms with van der Waals surface area (Å²) in [7, 11) is 0. The number of likely N-dealkylation sites (tertiary alicyclic amines) is 1. The second-order valence-corrected chi connectivity index (χ2v) is 5.76. The van der Waals surface area contributed by atoms with Crippen LogP contribution in [0.4, 0.5) is 0 Å². The summed E-state index contributed by atoms with van der Waals surface area (Å²) in [6.07, 6.45) is 7.02. The van der Waals surface area contributed by atoms with E-state index in [-0.39, 0.29) is 5.91 Å². The number of carbonyl (C=O) groups excluding carboxylic acids is 1. The fourth-order valence-corrected chi connectivity index (χ4v) is 3.72. The molecule has 0 N–H and O–H groups in total. The van der Waals surface area contributed by atoms with Gasteiger partial charge in [0.15, 0.2) is 0 Å². The average Bonchev–Trinajstić information content (AvgIpc) is 2.94. The molecular weight excluding hydrogens is 228 g/mol. The molecule has 0 radical (unpaired) electrons. The molecule has 0 spiro atoms. The topological polar surface area (TPSA) is 51.0 Å². The summed E-state index contributed by atoms with van der Waals surface area (Å²) >= 11 is 0. The van der Waals surface area contributed by atoms with Gasteiger partial charge in [0.05, 0.1) is 0 Å². The lowest BCUT2D eigenvalue weighted by Gasteiger charge is -2.44. The van der Waals surface area contributed by atoms with Crippen LogP contribution in [-0.2, 0) is 13.0 Å². The Kier molecular flexibility index (Phi) is 2.22. The largest absolute Gasteiger partial charge is 0.332 e. The molecule has 1 amide bonds. The Morgan fingerprint density at radius 3 is 3.00 bits per heavy atom. The second-order valence-electron chi connectivity index (χ2n) is 5.76. The Balaban J connectivity index is 1.59. The smallest absolute Gasteiger partial charge is 0.292 e. The van der Waals surface area contributed by atoms with E-state index in [0.717, 1.165) is 37.7 Å². The highest BCUT2D eigenvalue weighted by atomic mass is 16.2. The van der Waals surface area contributed by atoms with Crippen molar-refractivity contribution in [2.75, 3.05) is 6.54 Å². The molecule has 96 valence electrons. The van der Waals surface area contributed by atoms with E-state index in [9.17, 15) is 4.79 Å². The van der Waals surface area contributed by atoms with E-state index in [1.165, 1.54) is 25.7 Å². The number of aryl methyl sites for hydroxylation is 1. The van der Waals surface area contributed by atoms with Crippen LogP contribution in [0.15, 0.2) is 0 Å². The monoisotopic (exact) mass is 246 g/mol. The highest BCUT2D eigenvalue weighted by Gasteiger charge is 2.45. The Hall–Kier alpha value is -1.39. The fourth-order valence-electron chi connectivity index (χ4n) is 3.72. The molecule has 5 nitrogen and oxygen atoms in total. The van der Waals surface area contributed by atoms with Gasteiger partial charge in [-0.3, -0.25) is 4.79 Å². The Morgan fingerprint density at radius 2 is 2.11 bits per heavy atom. The maximum Gasteiger partial charge on any atom is 0.292 e. The van der Waals surface area contributed by atoms with Crippen LogP contribution < -0.4 is 0 Å². The third-order valence-corrected chi connectivity index (χ3v) is 4.76. The molecule has 4 rings (SSSR count). The van der Waals surface area contributed by atoms with Gasteiger partial charge in [-0.05, 0) is 31.6 Å². The second kappa shape index (κ2) is 3.80. The molecule has 0 bridgehead atoms. The molecule has 0 aromatic carbocycles. The Morgan fingerprint density at radius 1 is 1.17 bits per heavy atom. The Labute approximate surface area is 106 Å². The van der Waals surface area contributed by atoms with Crippen molar-refractivity contribution in [3.63, 3.8) is 0 Å². The molecule has 2 atom stereocenters. The lowest BCUT2D eigenvalue weighted by atomic mass is 9.92. The predicted molar refractivity (Wildman–Crippen MR) is 65.1 cm³/mol. The maximum absolute atomic E-state index is 12.5. The molecular formula is C13H18N4O. The summed E-state index contributed by atoms with van der Waals surface area (Å²) in [5.74, 6) is 2.44. The van der Waals surface area contributed by atoms with Crippen molar-refractivity contribution in [2.24, 2.45) is 5.92 Å². The first kappa shape index (κ1) is 10.5. The number of hydrogen-bond acceptors (Lipinski definition) is 3.